The summed E-state index contributed by atoms with van der Waals surface area (Å²) >= 11 is 0. The molecule has 3 unspecified atom stereocenters. The van der Waals surface area contributed by atoms with Gasteiger partial charge in [0.1, 0.15) is 0 Å². The van der Waals surface area contributed by atoms with Crippen LogP contribution in [-0.4, -0.2) is 0 Å². The van der Waals surface area contributed by atoms with Crippen LogP contribution in [0.25, 0.3) is 0 Å². The lowest BCUT2D eigenvalue weighted by molar-refractivity contribution is 0.0692. The second-order valence-electron chi connectivity index (χ2n) is 11.7. The van der Waals surface area contributed by atoms with Crippen molar-refractivity contribution >= 4 is 0 Å². The highest BCUT2D eigenvalue weighted by molar-refractivity contribution is 5.37. The van der Waals surface area contributed by atoms with E-state index in [1.165, 1.54) is 77.0 Å². The predicted octanol–water partition coefficient (Wildman–Crippen LogP) is 11.2. The van der Waals surface area contributed by atoms with E-state index in [-0.39, 0.29) is 5.41 Å². The Morgan fingerprint density at radius 3 is 1.85 bits per heavy atom. The third kappa shape index (κ3) is 7.60. The van der Waals surface area contributed by atoms with Crippen LogP contribution in [0.5, 0.6) is 0 Å². The van der Waals surface area contributed by atoms with Crippen LogP contribution in [0.4, 0.5) is 0 Å². The molecular formula is C33H59. The summed E-state index contributed by atoms with van der Waals surface area (Å²) in [6.45, 7) is 22.1. The Bertz CT molecular complexity index is 600. The molecule has 1 rings (SSSR count). The summed E-state index contributed by atoms with van der Waals surface area (Å²) in [6.07, 6.45) is 15.9. The molecular weight excluding hydrogens is 396 g/mol. The van der Waals surface area contributed by atoms with Crippen LogP contribution in [0, 0.1) is 29.1 Å². The Hall–Kier alpha value is -0.780. The predicted molar refractivity (Wildman–Crippen MR) is 151 cm³/mol. The van der Waals surface area contributed by atoms with Crippen molar-refractivity contribution < 1.29 is 0 Å². The highest BCUT2D eigenvalue weighted by atomic mass is 14.6. The van der Waals surface area contributed by atoms with Crippen LogP contribution in [0.1, 0.15) is 145 Å². The zero-order valence-corrected chi connectivity index (χ0v) is 24.1. The largest absolute Gasteiger partial charge is 0.0654 e. The number of rotatable bonds is 18. The van der Waals surface area contributed by atoms with Gasteiger partial charge in [-0.2, -0.15) is 0 Å². The number of hydrogen-bond donors (Lipinski definition) is 0. The molecule has 0 saturated carbocycles. The van der Waals surface area contributed by atoms with Crippen LogP contribution in [-0.2, 0) is 5.41 Å². The van der Waals surface area contributed by atoms with Gasteiger partial charge in [0.25, 0.3) is 0 Å². The van der Waals surface area contributed by atoms with E-state index in [1.54, 1.807) is 5.56 Å². The van der Waals surface area contributed by atoms with Gasteiger partial charge >= 0.3 is 0 Å². The van der Waals surface area contributed by atoms with Crippen LogP contribution in [0.2, 0.25) is 0 Å². The van der Waals surface area contributed by atoms with E-state index in [9.17, 15) is 0 Å². The van der Waals surface area contributed by atoms with Crippen molar-refractivity contribution in [2.45, 2.75) is 145 Å². The molecule has 0 heterocycles. The van der Waals surface area contributed by atoms with Gasteiger partial charge in [0.05, 0.1) is 0 Å². The summed E-state index contributed by atoms with van der Waals surface area (Å²) in [5.74, 6) is 3.99. The van der Waals surface area contributed by atoms with Gasteiger partial charge in [-0.25, -0.2) is 0 Å². The maximum absolute atomic E-state index is 2.58. The molecule has 0 bridgehead atoms. The minimum atomic E-state index is 0.178. The highest BCUT2D eigenvalue weighted by Gasteiger charge is 2.53. The van der Waals surface area contributed by atoms with Gasteiger partial charge in [-0.05, 0) is 60.3 Å². The van der Waals surface area contributed by atoms with E-state index in [1.807, 2.05) is 5.92 Å². The summed E-state index contributed by atoms with van der Waals surface area (Å²) in [4.78, 5) is 0. The highest BCUT2D eigenvalue weighted by Crippen LogP contribution is 2.61. The Balaban J connectivity index is 3.83. The average molecular weight is 456 g/mol. The van der Waals surface area contributed by atoms with E-state index in [2.05, 4.69) is 92.6 Å². The Kier molecular flexibility index (Phi) is 14.0. The molecule has 0 aromatic heterocycles. The third-order valence-electron chi connectivity index (χ3n) is 8.64. The van der Waals surface area contributed by atoms with Gasteiger partial charge in [-0.3, -0.25) is 0 Å². The van der Waals surface area contributed by atoms with Gasteiger partial charge in [0.2, 0.25) is 0 Å². The second kappa shape index (κ2) is 15.3. The van der Waals surface area contributed by atoms with Crippen molar-refractivity contribution in [3.8, 4) is 0 Å². The monoisotopic (exact) mass is 455 g/mol. The molecule has 33 heavy (non-hydrogen) atoms. The zero-order chi connectivity index (χ0) is 24.9. The maximum atomic E-state index is 2.58. The zero-order valence-electron chi connectivity index (χ0n) is 24.1. The minimum Gasteiger partial charge on any atom is -0.0654 e. The molecule has 0 fully saturated rings. The van der Waals surface area contributed by atoms with Gasteiger partial charge in [-0.15, -0.1) is 0 Å². The summed E-state index contributed by atoms with van der Waals surface area (Å²) in [6, 6.07) is 11.7. The first-order chi connectivity index (χ1) is 15.8. The lowest BCUT2D eigenvalue weighted by Gasteiger charge is -2.57. The number of benzene rings is 1. The summed E-state index contributed by atoms with van der Waals surface area (Å²) in [5.41, 5.74) is 2.10. The Morgan fingerprint density at radius 2 is 1.36 bits per heavy atom. The van der Waals surface area contributed by atoms with Crippen LogP contribution in [0.15, 0.2) is 30.3 Å². The smallest absolute Gasteiger partial charge is 0.00436 e. The third-order valence-corrected chi connectivity index (χ3v) is 8.64. The molecule has 0 nitrogen and oxygen atoms in total. The number of hydrogen-bond acceptors (Lipinski definition) is 0. The first kappa shape index (κ1) is 30.3. The van der Waals surface area contributed by atoms with E-state index in [0.717, 1.165) is 11.8 Å². The summed E-state index contributed by atoms with van der Waals surface area (Å²) < 4.78 is 0. The normalized spacial score (nSPS) is 16.8. The Labute approximate surface area is 209 Å². The number of unbranched alkanes of at least 4 members (excludes halogenated alkanes) is 4. The van der Waals surface area contributed by atoms with Crippen molar-refractivity contribution in [1.29, 1.82) is 0 Å². The van der Waals surface area contributed by atoms with Crippen LogP contribution >= 0.6 is 0 Å². The molecule has 0 aliphatic carbocycles. The lowest BCUT2D eigenvalue weighted by atomic mass is 9.47. The van der Waals surface area contributed by atoms with Gasteiger partial charge in [0.15, 0.2) is 0 Å². The van der Waals surface area contributed by atoms with Gasteiger partial charge < -0.3 is 0 Å². The molecule has 0 N–H and O–H groups in total. The van der Waals surface area contributed by atoms with E-state index in [4.69, 9.17) is 0 Å². The fraction of sp³-hybridized carbons (Fsp3) is 0.788. The molecule has 0 spiro atoms. The molecule has 0 saturated heterocycles. The average Bonchev–Trinajstić information content (AvgIpc) is 2.80. The fourth-order valence-corrected chi connectivity index (χ4v) is 6.90. The molecule has 0 aliphatic rings. The van der Waals surface area contributed by atoms with Gasteiger partial charge in [-0.1, -0.05) is 144 Å². The van der Waals surface area contributed by atoms with Crippen molar-refractivity contribution in [3.05, 3.63) is 41.8 Å². The first-order valence-electron chi connectivity index (χ1n) is 14.7. The van der Waals surface area contributed by atoms with Crippen molar-refractivity contribution in [1.82, 2.24) is 0 Å². The van der Waals surface area contributed by atoms with Crippen LogP contribution in [0.3, 0.4) is 0 Å². The summed E-state index contributed by atoms with van der Waals surface area (Å²) in [5, 5.41) is 0. The van der Waals surface area contributed by atoms with E-state index < -0.39 is 0 Å². The molecule has 1 aromatic carbocycles. The molecule has 1 radical (unpaired) electrons. The van der Waals surface area contributed by atoms with E-state index >= 15 is 0 Å². The lowest BCUT2D eigenvalue weighted by Crippen LogP contribution is -2.50. The first-order valence-corrected chi connectivity index (χ1v) is 14.7. The second-order valence-corrected chi connectivity index (χ2v) is 11.7. The SMILES string of the molecule is CCCCCCC([C](CCC)C(CCCC)(CC(C)C)C(C)CC)(c1ccccc1)C(C)C. The minimum absolute atomic E-state index is 0.178. The van der Waals surface area contributed by atoms with Crippen LogP contribution < -0.4 is 0 Å². The van der Waals surface area contributed by atoms with Gasteiger partial charge in [0, 0.05) is 5.41 Å². The van der Waals surface area contributed by atoms with Crippen molar-refractivity contribution in [2.75, 3.05) is 0 Å². The fourth-order valence-electron chi connectivity index (χ4n) is 6.90. The molecule has 0 heteroatoms. The Morgan fingerprint density at radius 1 is 0.727 bits per heavy atom. The van der Waals surface area contributed by atoms with Crippen molar-refractivity contribution in [2.24, 2.45) is 23.2 Å². The topological polar surface area (TPSA) is 0 Å². The van der Waals surface area contributed by atoms with Crippen molar-refractivity contribution in [3.63, 3.8) is 0 Å². The molecule has 3 atom stereocenters. The molecule has 1 aromatic rings. The maximum Gasteiger partial charge on any atom is 0.00436 e. The standard InChI is InChI=1S/C33H59/c1-10-14-16-20-25-33(28(7)8,30-22-18-17-19-23-30)31(21-12-3)32(24-15-11-2,26-27(5)6)29(9)13-4/h17-19,22-23,27-29H,10-16,20-21,24-26H2,1-9H3. The quantitative estimate of drug-likeness (QED) is 0.193. The summed E-state index contributed by atoms with van der Waals surface area (Å²) in [7, 11) is 0. The van der Waals surface area contributed by atoms with E-state index in [0.29, 0.717) is 11.3 Å². The molecule has 191 valence electrons. The molecule has 0 aliphatic heterocycles. The molecule has 0 amide bonds.